The van der Waals surface area contributed by atoms with Gasteiger partial charge in [-0.05, 0) is 46.2 Å². The summed E-state index contributed by atoms with van der Waals surface area (Å²) in [6.45, 7) is 26.2. The minimum absolute atomic E-state index is 0. The molecule has 3 heteroatoms. The Hall–Kier alpha value is -0.0957. The van der Waals surface area contributed by atoms with Crippen LogP contribution in [0.15, 0.2) is 53.0 Å². The molecule has 0 unspecified atom stereocenters. The fourth-order valence-corrected chi connectivity index (χ4v) is 14.0. The Morgan fingerprint density at radius 3 is 1.41 bits per heavy atom. The second-order valence-electron chi connectivity index (χ2n) is 10.8. The summed E-state index contributed by atoms with van der Waals surface area (Å²) >= 11 is 0. The van der Waals surface area contributed by atoms with Crippen LogP contribution >= 0.6 is 7.05 Å². The Balaban J connectivity index is 0. The molecule has 0 saturated heterocycles. The molecule has 184 valence electrons. The summed E-state index contributed by atoms with van der Waals surface area (Å²) in [5, 5.41) is 0.799. The average Bonchev–Trinajstić information content (AvgIpc) is 3.17. The Kier molecular flexibility index (Phi) is 16.8. The van der Waals surface area contributed by atoms with Crippen LogP contribution < -0.4 is 0 Å². The van der Waals surface area contributed by atoms with Gasteiger partial charge in [-0.3, -0.25) is 4.74 Å². The molecule has 0 aliphatic heterocycles. The standard InChI is InChI=1S/C23H44NP.C6H10.Ti/c1-10-17-21(4,5)25(22(6,7)18-11-2,23(8,9)19-12-3)24-20-15-13-14-16-20;1-3-5-6-4-2;/h13-15H,10-12,16-19H2,1-9H3;3-6H,1-2H3;. The van der Waals surface area contributed by atoms with Crippen LogP contribution in [0, 0.1) is 0 Å². The Bertz CT molecular complexity index is 628. The van der Waals surface area contributed by atoms with Crippen molar-refractivity contribution in [1.29, 1.82) is 0 Å². The molecule has 1 aliphatic carbocycles. The fraction of sp³-hybridized carbons (Fsp3) is 0.724. The van der Waals surface area contributed by atoms with E-state index in [1.807, 2.05) is 38.2 Å². The van der Waals surface area contributed by atoms with Gasteiger partial charge in [0, 0.05) is 49.3 Å². The predicted molar refractivity (Wildman–Crippen MR) is 148 cm³/mol. The molecule has 1 aliphatic rings. The third-order valence-corrected chi connectivity index (χ3v) is 13.2. The van der Waals surface area contributed by atoms with E-state index in [-0.39, 0.29) is 37.2 Å². The van der Waals surface area contributed by atoms with Crippen LogP contribution in [0.1, 0.15) is 121 Å². The van der Waals surface area contributed by atoms with E-state index in [9.17, 15) is 0 Å². The molecule has 0 heterocycles. The Labute approximate surface area is 217 Å². The van der Waals surface area contributed by atoms with Crippen LogP contribution in [0.3, 0.4) is 0 Å². The van der Waals surface area contributed by atoms with Crippen LogP contribution in [0.25, 0.3) is 0 Å². The van der Waals surface area contributed by atoms with Gasteiger partial charge in [0.25, 0.3) is 0 Å². The quantitative estimate of drug-likeness (QED) is 0.154. The first-order chi connectivity index (χ1) is 14.4. The predicted octanol–water partition coefficient (Wildman–Crippen LogP) is 10.9. The van der Waals surface area contributed by atoms with Gasteiger partial charge in [-0.1, -0.05) is 118 Å². The molecule has 0 aromatic carbocycles. The van der Waals surface area contributed by atoms with E-state index in [1.54, 1.807) is 0 Å². The Morgan fingerprint density at radius 1 is 0.781 bits per heavy atom. The molecule has 32 heavy (non-hydrogen) atoms. The number of allylic oxidation sites excluding steroid dienone is 7. The van der Waals surface area contributed by atoms with Crippen LogP contribution in [0.4, 0.5) is 0 Å². The first-order valence-corrected chi connectivity index (χ1v) is 14.4. The van der Waals surface area contributed by atoms with Gasteiger partial charge in [0.1, 0.15) is 0 Å². The average molecular weight is 496 g/mol. The molecule has 0 fully saturated rings. The first-order valence-electron chi connectivity index (χ1n) is 12.6. The van der Waals surface area contributed by atoms with Crippen molar-refractivity contribution in [2.24, 2.45) is 4.74 Å². The van der Waals surface area contributed by atoms with Gasteiger partial charge in [0.05, 0.1) is 0 Å². The summed E-state index contributed by atoms with van der Waals surface area (Å²) in [5.74, 6) is 0. The van der Waals surface area contributed by atoms with E-state index in [4.69, 9.17) is 4.74 Å². The number of rotatable bonds is 11. The maximum absolute atomic E-state index is 5.79. The van der Waals surface area contributed by atoms with Crippen molar-refractivity contribution in [2.75, 3.05) is 0 Å². The number of nitrogens with zero attached hydrogens (tertiary/aromatic N) is 1. The fourth-order valence-electron chi connectivity index (χ4n) is 6.11. The topological polar surface area (TPSA) is 12.4 Å². The van der Waals surface area contributed by atoms with Crippen molar-refractivity contribution in [3.63, 3.8) is 0 Å². The van der Waals surface area contributed by atoms with Gasteiger partial charge in [0.2, 0.25) is 0 Å². The van der Waals surface area contributed by atoms with Crippen LogP contribution in [0.5, 0.6) is 0 Å². The van der Waals surface area contributed by atoms with Crippen LogP contribution in [-0.2, 0) is 21.7 Å². The van der Waals surface area contributed by atoms with E-state index in [0.29, 0.717) is 0 Å². The minimum atomic E-state index is -1.69. The van der Waals surface area contributed by atoms with Crippen molar-refractivity contribution < 1.29 is 21.7 Å². The monoisotopic (exact) mass is 495 g/mol. The van der Waals surface area contributed by atoms with E-state index in [1.165, 1.54) is 44.2 Å². The van der Waals surface area contributed by atoms with E-state index >= 15 is 0 Å². The van der Waals surface area contributed by atoms with Crippen LogP contribution in [-0.4, -0.2) is 15.5 Å². The molecule has 0 bridgehead atoms. The van der Waals surface area contributed by atoms with Gasteiger partial charge >= 0.3 is 0 Å². The van der Waals surface area contributed by atoms with E-state index in [2.05, 4.69) is 80.5 Å². The smallest absolute Gasteiger partial charge is 0.0425 e. The number of hydrogen-bond acceptors (Lipinski definition) is 1. The summed E-state index contributed by atoms with van der Waals surface area (Å²) in [4.78, 5) is 0. The molecule has 0 atom stereocenters. The van der Waals surface area contributed by atoms with Gasteiger partial charge < -0.3 is 0 Å². The third kappa shape index (κ3) is 8.60. The summed E-state index contributed by atoms with van der Waals surface area (Å²) in [5.41, 5.74) is 1.32. The normalized spacial score (nSPS) is 14.9. The van der Waals surface area contributed by atoms with Crippen molar-refractivity contribution in [3.05, 3.63) is 48.2 Å². The SMILES string of the molecule is CC=CC=CC.CCCC(C)(C)P(=NC1=CC=CC1)(C(C)(C)CCC)C(C)(C)CCC.[Ti]. The zero-order valence-corrected chi connectivity index (χ0v) is 25.8. The maximum Gasteiger partial charge on any atom is 0.0425 e. The molecule has 0 spiro atoms. The first kappa shape index (κ1) is 34.1. The molecule has 0 radical (unpaired) electrons. The van der Waals surface area contributed by atoms with E-state index < -0.39 is 7.05 Å². The molecular weight excluding hydrogens is 441 g/mol. The van der Waals surface area contributed by atoms with Crippen LogP contribution in [0.2, 0.25) is 0 Å². The van der Waals surface area contributed by atoms with Gasteiger partial charge in [-0.2, -0.15) is 0 Å². The molecular formula is C29H54NPTi. The molecule has 1 nitrogen and oxygen atoms in total. The zero-order chi connectivity index (χ0) is 24.2. The van der Waals surface area contributed by atoms with Gasteiger partial charge in [-0.15, -0.1) is 0 Å². The van der Waals surface area contributed by atoms with Crippen molar-refractivity contribution in [1.82, 2.24) is 0 Å². The molecule has 0 aromatic rings. The molecule has 0 amide bonds. The zero-order valence-electron chi connectivity index (χ0n) is 23.4. The van der Waals surface area contributed by atoms with Gasteiger partial charge in [0.15, 0.2) is 0 Å². The number of hydrogen-bond donors (Lipinski definition) is 0. The van der Waals surface area contributed by atoms with Crippen molar-refractivity contribution >= 4 is 7.05 Å². The summed E-state index contributed by atoms with van der Waals surface area (Å²) in [7, 11) is -1.69. The summed E-state index contributed by atoms with van der Waals surface area (Å²) in [6.07, 6.45) is 23.3. The van der Waals surface area contributed by atoms with Gasteiger partial charge in [-0.25, -0.2) is 0 Å². The van der Waals surface area contributed by atoms with E-state index in [0.717, 1.165) is 6.42 Å². The summed E-state index contributed by atoms with van der Waals surface area (Å²) < 4.78 is 5.79. The second-order valence-corrected chi connectivity index (χ2v) is 15.9. The second kappa shape index (κ2) is 15.7. The molecule has 1 rings (SSSR count). The molecule has 0 saturated carbocycles. The third-order valence-electron chi connectivity index (χ3n) is 6.74. The molecule has 0 N–H and O–H groups in total. The largest absolute Gasteiger partial charge is 0.270 e. The van der Waals surface area contributed by atoms with Crippen molar-refractivity contribution in [2.45, 2.75) is 137 Å². The molecule has 0 aromatic heterocycles. The van der Waals surface area contributed by atoms with Crippen molar-refractivity contribution in [3.8, 4) is 0 Å². The minimum Gasteiger partial charge on any atom is -0.270 e. The Morgan fingerprint density at radius 2 is 1.16 bits per heavy atom. The maximum atomic E-state index is 5.79. The summed E-state index contributed by atoms with van der Waals surface area (Å²) in [6, 6.07) is 0.